The van der Waals surface area contributed by atoms with Gasteiger partial charge in [-0.25, -0.2) is 4.79 Å². The van der Waals surface area contributed by atoms with Gasteiger partial charge in [-0.15, -0.1) is 0 Å². The predicted molar refractivity (Wildman–Crippen MR) is 50.8 cm³/mol. The van der Waals surface area contributed by atoms with Gasteiger partial charge in [0.15, 0.2) is 5.60 Å². The second-order valence-electron chi connectivity index (χ2n) is 3.92. The SMILES string of the molecule is CCOC(=O)C1(O)CC(C)OC(C)C1. The van der Waals surface area contributed by atoms with Gasteiger partial charge in [-0.05, 0) is 20.8 Å². The van der Waals surface area contributed by atoms with Crippen LogP contribution in [0, 0.1) is 0 Å². The monoisotopic (exact) mass is 202 g/mol. The van der Waals surface area contributed by atoms with Crippen LogP contribution in [0.15, 0.2) is 0 Å². The maximum absolute atomic E-state index is 11.5. The summed E-state index contributed by atoms with van der Waals surface area (Å²) in [6.07, 6.45) is 0.424. The van der Waals surface area contributed by atoms with E-state index in [-0.39, 0.29) is 12.2 Å². The van der Waals surface area contributed by atoms with E-state index < -0.39 is 11.6 Å². The van der Waals surface area contributed by atoms with Crippen LogP contribution in [0.2, 0.25) is 0 Å². The molecular formula is C10H18O4. The molecule has 4 nitrogen and oxygen atoms in total. The summed E-state index contributed by atoms with van der Waals surface area (Å²) in [6.45, 7) is 5.72. The quantitative estimate of drug-likeness (QED) is 0.675. The minimum absolute atomic E-state index is 0.104. The van der Waals surface area contributed by atoms with Crippen LogP contribution in [0.4, 0.5) is 0 Å². The Labute approximate surface area is 84.2 Å². The molecule has 14 heavy (non-hydrogen) atoms. The number of hydrogen-bond acceptors (Lipinski definition) is 4. The number of ether oxygens (including phenoxy) is 2. The van der Waals surface area contributed by atoms with Crippen LogP contribution in [0.5, 0.6) is 0 Å². The summed E-state index contributed by atoms with van der Waals surface area (Å²) in [5.41, 5.74) is -1.35. The van der Waals surface area contributed by atoms with Crippen molar-refractivity contribution in [3.8, 4) is 0 Å². The first-order valence-corrected chi connectivity index (χ1v) is 5.03. The molecule has 0 radical (unpaired) electrons. The van der Waals surface area contributed by atoms with Gasteiger partial charge in [-0.3, -0.25) is 0 Å². The lowest BCUT2D eigenvalue weighted by molar-refractivity contribution is -0.186. The van der Waals surface area contributed by atoms with Gasteiger partial charge in [0.25, 0.3) is 0 Å². The number of carbonyl (C=O) groups excluding carboxylic acids is 1. The molecule has 1 rings (SSSR count). The third-order valence-corrected chi connectivity index (χ3v) is 2.37. The second-order valence-corrected chi connectivity index (χ2v) is 3.92. The number of esters is 1. The van der Waals surface area contributed by atoms with Gasteiger partial charge in [0, 0.05) is 12.8 Å². The van der Waals surface area contributed by atoms with E-state index in [1.165, 1.54) is 0 Å². The molecule has 2 atom stereocenters. The van der Waals surface area contributed by atoms with Crippen molar-refractivity contribution < 1.29 is 19.4 Å². The zero-order valence-electron chi connectivity index (χ0n) is 8.95. The lowest BCUT2D eigenvalue weighted by Gasteiger charge is -2.36. The van der Waals surface area contributed by atoms with Crippen molar-refractivity contribution >= 4 is 5.97 Å². The number of carbonyl (C=O) groups is 1. The fraction of sp³-hybridized carbons (Fsp3) is 0.900. The van der Waals surface area contributed by atoms with Gasteiger partial charge in [-0.1, -0.05) is 0 Å². The number of hydrogen-bond donors (Lipinski definition) is 1. The summed E-state index contributed by atoms with van der Waals surface area (Å²) in [7, 11) is 0. The zero-order valence-corrected chi connectivity index (χ0v) is 8.95. The summed E-state index contributed by atoms with van der Waals surface area (Å²) in [4.78, 5) is 11.5. The molecule has 0 aromatic carbocycles. The summed E-state index contributed by atoms with van der Waals surface area (Å²) in [5.74, 6) is -0.526. The molecule has 1 heterocycles. The molecule has 0 aliphatic carbocycles. The molecule has 0 aromatic rings. The summed E-state index contributed by atoms with van der Waals surface area (Å²) in [5, 5.41) is 10.1. The maximum atomic E-state index is 11.5. The summed E-state index contributed by atoms with van der Waals surface area (Å²) < 4.78 is 10.3. The standard InChI is InChI=1S/C10H18O4/c1-4-13-9(11)10(12)5-7(2)14-8(3)6-10/h7-8,12H,4-6H2,1-3H3. The lowest BCUT2D eigenvalue weighted by Crippen LogP contribution is -2.49. The Morgan fingerprint density at radius 3 is 2.43 bits per heavy atom. The van der Waals surface area contributed by atoms with Gasteiger partial charge >= 0.3 is 5.97 Å². The van der Waals surface area contributed by atoms with Crippen LogP contribution in [0.1, 0.15) is 33.6 Å². The average Bonchev–Trinajstić information content (AvgIpc) is 2.01. The third-order valence-electron chi connectivity index (χ3n) is 2.37. The molecule has 0 amide bonds. The van der Waals surface area contributed by atoms with Gasteiger partial charge in [0.1, 0.15) is 0 Å². The highest BCUT2D eigenvalue weighted by Gasteiger charge is 2.44. The van der Waals surface area contributed by atoms with Crippen LogP contribution in [0.25, 0.3) is 0 Å². The van der Waals surface area contributed by atoms with Gasteiger partial charge in [0.05, 0.1) is 18.8 Å². The maximum Gasteiger partial charge on any atom is 0.338 e. The highest BCUT2D eigenvalue weighted by atomic mass is 16.6. The first-order valence-electron chi connectivity index (χ1n) is 5.03. The van der Waals surface area contributed by atoms with Crippen molar-refractivity contribution in [2.24, 2.45) is 0 Å². The minimum Gasteiger partial charge on any atom is -0.464 e. The molecule has 1 N–H and O–H groups in total. The Balaban J connectivity index is 2.67. The fourth-order valence-electron chi connectivity index (χ4n) is 1.96. The molecule has 1 fully saturated rings. The molecule has 2 unspecified atom stereocenters. The first kappa shape index (κ1) is 11.5. The van der Waals surface area contributed by atoms with Crippen molar-refractivity contribution in [2.75, 3.05) is 6.61 Å². The Hall–Kier alpha value is -0.610. The van der Waals surface area contributed by atoms with Crippen LogP contribution in [-0.2, 0) is 14.3 Å². The molecule has 4 heteroatoms. The fourth-order valence-corrected chi connectivity index (χ4v) is 1.96. The number of rotatable bonds is 2. The number of aliphatic hydroxyl groups is 1. The molecule has 0 bridgehead atoms. The lowest BCUT2D eigenvalue weighted by atomic mass is 9.88. The van der Waals surface area contributed by atoms with E-state index in [1.807, 2.05) is 13.8 Å². The van der Waals surface area contributed by atoms with Gasteiger partial charge in [-0.2, -0.15) is 0 Å². The Kier molecular flexibility index (Phi) is 3.50. The third kappa shape index (κ3) is 2.45. The molecule has 82 valence electrons. The molecule has 0 aromatic heterocycles. The molecule has 1 aliphatic heterocycles. The van der Waals surface area contributed by atoms with Crippen molar-refractivity contribution in [3.05, 3.63) is 0 Å². The van der Waals surface area contributed by atoms with Crippen molar-refractivity contribution in [1.82, 2.24) is 0 Å². The highest BCUT2D eigenvalue weighted by molar-refractivity contribution is 5.79. The predicted octanol–water partition coefficient (Wildman–Crippen LogP) is 0.868. The topological polar surface area (TPSA) is 55.8 Å². The Bertz CT molecular complexity index is 204. The van der Waals surface area contributed by atoms with E-state index in [9.17, 15) is 9.90 Å². The molecule has 0 spiro atoms. The summed E-state index contributed by atoms with van der Waals surface area (Å²) >= 11 is 0. The molecule has 1 saturated heterocycles. The van der Waals surface area contributed by atoms with Crippen LogP contribution in [-0.4, -0.2) is 35.5 Å². The van der Waals surface area contributed by atoms with Gasteiger partial charge in [0.2, 0.25) is 0 Å². The summed E-state index contributed by atoms with van der Waals surface area (Å²) in [6, 6.07) is 0. The normalized spacial score (nSPS) is 38.0. The van der Waals surface area contributed by atoms with Gasteiger partial charge < -0.3 is 14.6 Å². The van der Waals surface area contributed by atoms with E-state index in [4.69, 9.17) is 9.47 Å². The van der Waals surface area contributed by atoms with Crippen LogP contribution in [0.3, 0.4) is 0 Å². The average molecular weight is 202 g/mol. The molecule has 0 saturated carbocycles. The first-order chi connectivity index (χ1) is 6.48. The van der Waals surface area contributed by atoms with E-state index in [1.54, 1.807) is 6.92 Å². The Morgan fingerprint density at radius 2 is 2.00 bits per heavy atom. The van der Waals surface area contributed by atoms with Crippen molar-refractivity contribution in [2.45, 2.75) is 51.4 Å². The van der Waals surface area contributed by atoms with Crippen molar-refractivity contribution in [1.29, 1.82) is 0 Å². The highest BCUT2D eigenvalue weighted by Crippen LogP contribution is 2.29. The molecular weight excluding hydrogens is 184 g/mol. The smallest absolute Gasteiger partial charge is 0.338 e. The van der Waals surface area contributed by atoms with E-state index >= 15 is 0 Å². The van der Waals surface area contributed by atoms with E-state index in [0.29, 0.717) is 19.4 Å². The van der Waals surface area contributed by atoms with Crippen molar-refractivity contribution in [3.63, 3.8) is 0 Å². The van der Waals surface area contributed by atoms with E-state index in [2.05, 4.69) is 0 Å². The molecule has 1 aliphatic rings. The Morgan fingerprint density at radius 1 is 1.50 bits per heavy atom. The largest absolute Gasteiger partial charge is 0.464 e. The second kappa shape index (κ2) is 4.28. The van der Waals surface area contributed by atoms with E-state index in [0.717, 1.165) is 0 Å². The van der Waals surface area contributed by atoms with Crippen LogP contribution < -0.4 is 0 Å². The zero-order chi connectivity index (χ0) is 10.8. The van der Waals surface area contributed by atoms with Crippen LogP contribution >= 0.6 is 0 Å². The minimum atomic E-state index is -1.35.